The number of nitrogens with zero attached hydrogens (tertiary/aromatic N) is 1. The van der Waals surface area contributed by atoms with E-state index in [0.717, 1.165) is 19.8 Å². The molecule has 1 aliphatic heterocycles. The predicted octanol–water partition coefficient (Wildman–Crippen LogP) is 1.70. The average Bonchev–Trinajstić information content (AvgIpc) is 2.41. The first-order valence-electron chi connectivity index (χ1n) is 4.23. The first-order chi connectivity index (χ1) is 4.93. The Morgan fingerprint density at radius 2 is 1.91 bits per heavy atom. The number of rotatable bonds is 4. The highest BCUT2D eigenvalue weighted by Gasteiger charge is 2.09. The molecule has 11 heavy (non-hydrogen) atoms. The Kier molecular flexibility index (Phi) is 7.33. The summed E-state index contributed by atoms with van der Waals surface area (Å²) >= 11 is 0. The molecule has 3 heteroatoms. The normalized spacial score (nSPS) is 18.3. The first kappa shape index (κ1) is 11.4. The molecule has 0 aliphatic carbocycles. The summed E-state index contributed by atoms with van der Waals surface area (Å²) in [6, 6.07) is 0. The molecule has 1 saturated heterocycles. The Bertz CT molecular complexity index is 84.2. The van der Waals surface area contributed by atoms with E-state index in [1.165, 1.54) is 25.9 Å². The molecule has 0 amide bonds. The lowest BCUT2D eigenvalue weighted by atomic mass is 10.4. The Morgan fingerprint density at radius 3 is 2.45 bits per heavy atom. The quantitative estimate of drug-likeness (QED) is 0.674. The van der Waals surface area contributed by atoms with Crippen LogP contribution in [-0.2, 0) is 4.74 Å². The highest BCUT2D eigenvalue weighted by atomic mass is 79.9. The van der Waals surface area contributed by atoms with E-state index in [4.69, 9.17) is 4.74 Å². The fourth-order valence-corrected chi connectivity index (χ4v) is 1.34. The Balaban J connectivity index is 0.000001000. The van der Waals surface area contributed by atoms with E-state index in [9.17, 15) is 0 Å². The molecule has 1 rings (SSSR count). The number of ether oxygens (including phenoxy) is 1. The third kappa shape index (κ3) is 4.77. The van der Waals surface area contributed by atoms with Gasteiger partial charge in [0.2, 0.25) is 0 Å². The van der Waals surface area contributed by atoms with Crippen LogP contribution in [0.5, 0.6) is 0 Å². The number of hydrogen-bond acceptors (Lipinski definition) is 2. The van der Waals surface area contributed by atoms with Crippen molar-refractivity contribution in [2.75, 3.05) is 32.8 Å². The Morgan fingerprint density at radius 1 is 1.27 bits per heavy atom. The third-order valence-electron chi connectivity index (χ3n) is 1.95. The van der Waals surface area contributed by atoms with Gasteiger partial charge < -0.3 is 9.64 Å². The maximum atomic E-state index is 5.25. The van der Waals surface area contributed by atoms with Gasteiger partial charge in [0.05, 0.1) is 6.61 Å². The topological polar surface area (TPSA) is 12.5 Å². The number of likely N-dealkylation sites (tertiary alicyclic amines) is 1. The summed E-state index contributed by atoms with van der Waals surface area (Å²) in [5.41, 5.74) is 0. The van der Waals surface area contributed by atoms with Crippen molar-refractivity contribution in [3.63, 3.8) is 0 Å². The molecule has 2 nitrogen and oxygen atoms in total. The maximum absolute atomic E-state index is 5.25. The number of halogens is 1. The van der Waals surface area contributed by atoms with Crippen molar-refractivity contribution in [2.45, 2.75) is 19.8 Å². The van der Waals surface area contributed by atoms with Crippen molar-refractivity contribution >= 4 is 17.0 Å². The van der Waals surface area contributed by atoms with Gasteiger partial charge in [-0.1, -0.05) is 0 Å². The van der Waals surface area contributed by atoms with Gasteiger partial charge >= 0.3 is 0 Å². The third-order valence-corrected chi connectivity index (χ3v) is 1.95. The minimum atomic E-state index is 0. The summed E-state index contributed by atoms with van der Waals surface area (Å²) in [5, 5.41) is 0. The van der Waals surface area contributed by atoms with Crippen LogP contribution < -0.4 is 0 Å². The minimum Gasteiger partial charge on any atom is -0.380 e. The zero-order chi connectivity index (χ0) is 7.23. The van der Waals surface area contributed by atoms with Crippen molar-refractivity contribution in [3.8, 4) is 0 Å². The SMILES string of the molecule is Br.CCOCCN1CCCC1. The van der Waals surface area contributed by atoms with E-state index in [-0.39, 0.29) is 17.0 Å². The molecule has 0 spiro atoms. The van der Waals surface area contributed by atoms with E-state index < -0.39 is 0 Å². The van der Waals surface area contributed by atoms with Crippen LogP contribution in [0.15, 0.2) is 0 Å². The highest BCUT2D eigenvalue weighted by molar-refractivity contribution is 8.93. The Labute approximate surface area is 79.7 Å². The van der Waals surface area contributed by atoms with E-state index in [1.54, 1.807) is 0 Å². The predicted molar refractivity (Wildman–Crippen MR) is 52.5 cm³/mol. The van der Waals surface area contributed by atoms with E-state index in [0.29, 0.717) is 0 Å². The summed E-state index contributed by atoms with van der Waals surface area (Å²) in [5.74, 6) is 0. The molecule has 0 radical (unpaired) electrons. The van der Waals surface area contributed by atoms with Crippen LogP contribution in [0.2, 0.25) is 0 Å². The minimum absolute atomic E-state index is 0. The lowest BCUT2D eigenvalue weighted by Gasteiger charge is -2.13. The van der Waals surface area contributed by atoms with Crippen LogP contribution in [0.4, 0.5) is 0 Å². The molecular formula is C8H18BrNO. The first-order valence-corrected chi connectivity index (χ1v) is 4.23. The lowest BCUT2D eigenvalue weighted by Crippen LogP contribution is -2.23. The smallest absolute Gasteiger partial charge is 0.0593 e. The van der Waals surface area contributed by atoms with Crippen LogP contribution in [0.25, 0.3) is 0 Å². The fourth-order valence-electron chi connectivity index (χ4n) is 1.34. The molecule has 0 bridgehead atoms. The molecule has 1 fully saturated rings. The van der Waals surface area contributed by atoms with Crippen LogP contribution in [0.3, 0.4) is 0 Å². The summed E-state index contributed by atoms with van der Waals surface area (Å²) in [6.07, 6.45) is 2.76. The van der Waals surface area contributed by atoms with Crippen LogP contribution in [0.1, 0.15) is 19.8 Å². The zero-order valence-electron chi connectivity index (χ0n) is 7.21. The molecule has 0 saturated carbocycles. The molecule has 1 aliphatic rings. The van der Waals surface area contributed by atoms with Gasteiger partial charge in [-0.3, -0.25) is 0 Å². The summed E-state index contributed by atoms with van der Waals surface area (Å²) in [4.78, 5) is 2.47. The summed E-state index contributed by atoms with van der Waals surface area (Å²) < 4.78 is 5.25. The standard InChI is InChI=1S/C8H17NO.BrH/c1-2-10-8-7-9-5-3-4-6-9;/h2-8H2,1H3;1H. The van der Waals surface area contributed by atoms with Crippen molar-refractivity contribution < 1.29 is 4.74 Å². The highest BCUT2D eigenvalue weighted by Crippen LogP contribution is 2.05. The number of hydrogen-bond donors (Lipinski definition) is 0. The second-order valence-electron chi connectivity index (χ2n) is 2.75. The molecule has 0 aromatic rings. The van der Waals surface area contributed by atoms with Crippen LogP contribution in [0, 0.1) is 0 Å². The largest absolute Gasteiger partial charge is 0.380 e. The second kappa shape index (κ2) is 7.07. The molecule has 0 aromatic heterocycles. The van der Waals surface area contributed by atoms with Gasteiger partial charge in [-0.2, -0.15) is 0 Å². The molecule has 0 atom stereocenters. The zero-order valence-corrected chi connectivity index (χ0v) is 8.93. The molecule has 1 heterocycles. The second-order valence-corrected chi connectivity index (χ2v) is 2.75. The molecule has 0 aromatic carbocycles. The molecule has 0 N–H and O–H groups in total. The van der Waals surface area contributed by atoms with E-state index in [2.05, 4.69) is 4.90 Å². The van der Waals surface area contributed by atoms with Gasteiger partial charge in [0.1, 0.15) is 0 Å². The lowest BCUT2D eigenvalue weighted by molar-refractivity contribution is 0.122. The molecule has 68 valence electrons. The maximum Gasteiger partial charge on any atom is 0.0593 e. The summed E-state index contributed by atoms with van der Waals surface area (Å²) in [6.45, 7) is 7.52. The van der Waals surface area contributed by atoms with Crippen molar-refractivity contribution in [1.82, 2.24) is 4.90 Å². The van der Waals surface area contributed by atoms with Gasteiger partial charge in [-0.15, -0.1) is 17.0 Å². The molecular weight excluding hydrogens is 206 g/mol. The fraction of sp³-hybridized carbons (Fsp3) is 1.00. The summed E-state index contributed by atoms with van der Waals surface area (Å²) in [7, 11) is 0. The van der Waals surface area contributed by atoms with Crippen molar-refractivity contribution in [3.05, 3.63) is 0 Å². The van der Waals surface area contributed by atoms with Gasteiger partial charge in [0.15, 0.2) is 0 Å². The average molecular weight is 224 g/mol. The van der Waals surface area contributed by atoms with Crippen LogP contribution in [-0.4, -0.2) is 37.7 Å². The van der Waals surface area contributed by atoms with Crippen molar-refractivity contribution in [2.24, 2.45) is 0 Å². The molecule has 0 unspecified atom stereocenters. The van der Waals surface area contributed by atoms with Crippen LogP contribution >= 0.6 is 17.0 Å². The van der Waals surface area contributed by atoms with Gasteiger partial charge in [-0.05, 0) is 32.9 Å². The monoisotopic (exact) mass is 223 g/mol. The van der Waals surface area contributed by atoms with Crippen molar-refractivity contribution in [1.29, 1.82) is 0 Å². The Hall–Kier alpha value is 0.400. The van der Waals surface area contributed by atoms with Gasteiger partial charge in [0, 0.05) is 13.2 Å². The van der Waals surface area contributed by atoms with E-state index in [1.807, 2.05) is 6.92 Å². The van der Waals surface area contributed by atoms with Gasteiger partial charge in [0.25, 0.3) is 0 Å². The van der Waals surface area contributed by atoms with E-state index >= 15 is 0 Å². The van der Waals surface area contributed by atoms with Gasteiger partial charge in [-0.25, -0.2) is 0 Å².